The van der Waals surface area contributed by atoms with Gasteiger partial charge in [-0.2, -0.15) is 0 Å². The van der Waals surface area contributed by atoms with Crippen LogP contribution in [0.4, 0.5) is 24.7 Å². The maximum absolute atomic E-state index is 13.4. The number of nitrogens with zero attached hydrogens (tertiary/aromatic N) is 4. The number of carbonyl (C=O) groups is 1. The van der Waals surface area contributed by atoms with Gasteiger partial charge in [0.2, 0.25) is 5.91 Å². The number of carbonyl (C=O) groups excluding carboxylic acids is 1. The van der Waals surface area contributed by atoms with Crippen LogP contribution in [0.1, 0.15) is 37.7 Å². The minimum atomic E-state index is -1.50. The molecule has 1 amide bonds. The Balaban J connectivity index is 1.29. The highest BCUT2D eigenvalue weighted by atomic mass is 19.2. The van der Waals surface area contributed by atoms with Gasteiger partial charge in [0.15, 0.2) is 23.3 Å². The Labute approximate surface area is 195 Å². The van der Waals surface area contributed by atoms with Crippen LogP contribution in [-0.2, 0) is 16.0 Å². The lowest BCUT2D eigenvalue weighted by Gasteiger charge is -2.42. The van der Waals surface area contributed by atoms with E-state index in [0.717, 1.165) is 35.8 Å². The summed E-state index contributed by atoms with van der Waals surface area (Å²) in [6, 6.07) is 1.37. The van der Waals surface area contributed by atoms with E-state index in [2.05, 4.69) is 0 Å². The minimum absolute atomic E-state index is 0.0128. The second kappa shape index (κ2) is 8.72. The summed E-state index contributed by atoms with van der Waals surface area (Å²) in [5, 5.41) is 0. The zero-order valence-electron chi connectivity index (χ0n) is 19.4. The Morgan fingerprint density at radius 3 is 2.53 bits per heavy atom. The molecule has 2 aliphatic heterocycles. The topological polar surface area (TPSA) is 67.8 Å². The molecule has 1 aromatic heterocycles. The van der Waals surface area contributed by atoms with Crippen molar-refractivity contribution in [1.82, 2.24) is 9.97 Å². The van der Waals surface area contributed by atoms with Gasteiger partial charge in [-0.1, -0.05) is 0 Å². The van der Waals surface area contributed by atoms with Crippen LogP contribution in [-0.4, -0.2) is 54.3 Å². The third-order valence-corrected chi connectivity index (χ3v) is 7.03. The standard InChI is InChI=1S/C24H27F3N4O3/c1-12-22-23(30(3)13(2)24(32)31(22)15-4-5-33-11-15)29-20(28-12)8-14-6-16(7-14)34-17-9-18(25)21(27)19(26)10-17/h9-10,13-16H,4-8,11H2,1-3H3/t13-,14?,15?,16?/m0/s1. The van der Waals surface area contributed by atoms with Crippen molar-refractivity contribution in [3.05, 3.63) is 41.1 Å². The molecule has 2 aromatic rings. The summed E-state index contributed by atoms with van der Waals surface area (Å²) in [5.41, 5.74) is 1.50. The first-order chi connectivity index (χ1) is 16.2. The number of likely N-dealkylation sites (N-methyl/N-ethyl adjacent to an activating group) is 1. The largest absolute Gasteiger partial charge is 0.490 e. The number of fused-ring (bicyclic) bond motifs is 1. The molecule has 0 radical (unpaired) electrons. The summed E-state index contributed by atoms with van der Waals surface area (Å²) >= 11 is 0. The first-order valence-corrected chi connectivity index (χ1v) is 11.5. The van der Waals surface area contributed by atoms with Crippen LogP contribution >= 0.6 is 0 Å². The number of rotatable bonds is 5. The molecule has 1 unspecified atom stereocenters. The van der Waals surface area contributed by atoms with Crippen LogP contribution in [0.3, 0.4) is 0 Å². The fraction of sp³-hybridized carbons (Fsp3) is 0.542. The number of benzene rings is 1. The number of hydrogen-bond acceptors (Lipinski definition) is 6. The summed E-state index contributed by atoms with van der Waals surface area (Å²) in [5.74, 6) is -2.34. The second-order valence-electron chi connectivity index (χ2n) is 9.39. The van der Waals surface area contributed by atoms with Crippen molar-refractivity contribution in [3.63, 3.8) is 0 Å². The van der Waals surface area contributed by atoms with E-state index in [4.69, 9.17) is 19.4 Å². The van der Waals surface area contributed by atoms with Crippen molar-refractivity contribution >= 4 is 17.4 Å². The molecule has 2 fully saturated rings. The van der Waals surface area contributed by atoms with Gasteiger partial charge >= 0.3 is 0 Å². The Bertz CT molecular complexity index is 1100. The third kappa shape index (κ3) is 3.97. The highest BCUT2D eigenvalue weighted by molar-refractivity contribution is 6.05. The smallest absolute Gasteiger partial charge is 0.249 e. The summed E-state index contributed by atoms with van der Waals surface area (Å²) in [7, 11) is 1.87. The molecule has 1 saturated heterocycles. The van der Waals surface area contributed by atoms with Gasteiger partial charge in [0, 0.05) is 32.2 Å². The third-order valence-electron chi connectivity index (χ3n) is 7.03. The van der Waals surface area contributed by atoms with Gasteiger partial charge in [-0.25, -0.2) is 23.1 Å². The number of halogens is 3. The van der Waals surface area contributed by atoms with Crippen LogP contribution in [0.25, 0.3) is 0 Å². The molecule has 1 saturated carbocycles. The summed E-state index contributed by atoms with van der Waals surface area (Å²) in [6.45, 7) is 4.91. The normalized spacial score (nSPS) is 26.5. The van der Waals surface area contributed by atoms with Crippen molar-refractivity contribution in [2.75, 3.05) is 30.1 Å². The van der Waals surface area contributed by atoms with E-state index >= 15 is 0 Å². The van der Waals surface area contributed by atoms with E-state index in [0.29, 0.717) is 38.3 Å². The zero-order valence-corrected chi connectivity index (χ0v) is 19.4. The van der Waals surface area contributed by atoms with Crippen molar-refractivity contribution < 1.29 is 27.4 Å². The Hall–Kier alpha value is -2.88. The molecule has 1 aromatic carbocycles. The first kappa shape index (κ1) is 22.9. The minimum Gasteiger partial charge on any atom is -0.490 e. The van der Waals surface area contributed by atoms with E-state index in [9.17, 15) is 18.0 Å². The molecule has 0 N–H and O–H groups in total. The number of ether oxygens (including phenoxy) is 2. The number of anilines is 2. The number of amides is 1. The fourth-order valence-corrected chi connectivity index (χ4v) is 4.96. The van der Waals surface area contributed by atoms with Gasteiger partial charge in [-0.15, -0.1) is 0 Å². The number of hydrogen-bond donors (Lipinski definition) is 0. The monoisotopic (exact) mass is 476 g/mol. The lowest BCUT2D eigenvalue weighted by molar-refractivity contribution is -0.120. The van der Waals surface area contributed by atoms with Crippen LogP contribution < -0.4 is 14.5 Å². The van der Waals surface area contributed by atoms with Gasteiger partial charge in [0.1, 0.15) is 23.3 Å². The van der Waals surface area contributed by atoms with E-state index in [1.54, 1.807) is 0 Å². The quantitative estimate of drug-likeness (QED) is 0.615. The molecule has 1 aliphatic carbocycles. The Morgan fingerprint density at radius 1 is 1.18 bits per heavy atom. The maximum Gasteiger partial charge on any atom is 0.249 e. The van der Waals surface area contributed by atoms with E-state index in [1.807, 2.05) is 30.7 Å². The molecule has 7 nitrogen and oxygen atoms in total. The molecule has 0 spiro atoms. The summed E-state index contributed by atoms with van der Waals surface area (Å²) in [4.78, 5) is 26.3. The average molecular weight is 476 g/mol. The van der Waals surface area contributed by atoms with Crippen LogP contribution in [0, 0.1) is 30.3 Å². The van der Waals surface area contributed by atoms with Gasteiger partial charge < -0.3 is 19.3 Å². The SMILES string of the molecule is Cc1nc(CC2CC(Oc3cc(F)c(F)c(F)c3)C2)nc2c1N(C1CCOC1)C(=O)[C@H](C)N2C. The van der Waals surface area contributed by atoms with Crippen molar-refractivity contribution in [3.8, 4) is 5.75 Å². The van der Waals surface area contributed by atoms with E-state index in [1.165, 1.54) is 0 Å². The van der Waals surface area contributed by atoms with Crippen LogP contribution in [0.15, 0.2) is 12.1 Å². The van der Waals surface area contributed by atoms with Crippen LogP contribution in [0.2, 0.25) is 0 Å². The summed E-state index contributed by atoms with van der Waals surface area (Å²) in [6.07, 6.45) is 2.56. The average Bonchev–Trinajstić information content (AvgIpc) is 3.29. The molecular weight excluding hydrogens is 449 g/mol. The molecule has 0 bridgehead atoms. The number of aryl methyl sites for hydroxylation is 1. The maximum atomic E-state index is 13.4. The second-order valence-corrected chi connectivity index (χ2v) is 9.39. The lowest BCUT2D eigenvalue weighted by atomic mass is 9.80. The fourth-order valence-electron chi connectivity index (χ4n) is 4.96. The molecule has 34 heavy (non-hydrogen) atoms. The highest BCUT2D eigenvalue weighted by Gasteiger charge is 2.41. The predicted molar refractivity (Wildman–Crippen MR) is 119 cm³/mol. The molecule has 5 rings (SSSR count). The van der Waals surface area contributed by atoms with Gasteiger partial charge in [-0.3, -0.25) is 4.79 Å². The van der Waals surface area contributed by atoms with Gasteiger partial charge in [0.05, 0.1) is 24.4 Å². The number of aromatic nitrogens is 2. The van der Waals surface area contributed by atoms with Crippen molar-refractivity contribution in [2.24, 2.45) is 5.92 Å². The first-order valence-electron chi connectivity index (χ1n) is 11.5. The Kier molecular flexibility index (Phi) is 5.87. The molecule has 3 aliphatic rings. The highest BCUT2D eigenvalue weighted by Crippen LogP contribution is 2.40. The van der Waals surface area contributed by atoms with E-state index < -0.39 is 17.5 Å². The van der Waals surface area contributed by atoms with Crippen molar-refractivity contribution in [2.45, 2.75) is 57.7 Å². The molecular formula is C24H27F3N4O3. The molecule has 3 heterocycles. The Morgan fingerprint density at radius 2 is 1.88 bits per heavy atom. The van der Waals surface area contributed by atoms with Crippen LogP contribution in [0.5, 0.6) is 5.75 Å². The van der Waals surface area contributed by atoms with Crippen molar-refractivity contribution in [1.29, 1.82) is 0 Å². The van der Waals surface area contributed by atoms with E-state index in [-0.39, 0.29) is 35.8 Å². The molecule has 10 heteroatoms. The van der Waals surface area contributed by atoms with Gasteiger partial charge in [-0.05, 0) is 39.0 Å². The lowest BCUT2D eigenvalue weighted by Crippen LogP contribution is -2.55. The predicted octanol–water partition coefficient (Wildman–Crippen LogP) is 3.56. The molecule has 182 valence electrons. The van der Waals surface area contributed by atoms with Gasteiger partial charge in [0.25, 0.3) is 0 Å². The summed E-state index contributed by atoms with van der Waals surface area (Å²) < 4.78 is 51.1. The molecule has 2 atom stereocenters. The zero-order chi connectivity index (χ0) is 24.1.